The molecule has 0 aromatic heterocycles. The molecule has 0 aromatic rings. The fourth-order valence-electron chi connectivity index (χ4n) is 2.70. The summed E-state index contributed by atoms with van der Waals surface area (Å²) in [5, 5.41) is 3.31. The third-order valence-electron chi connectivity index (χ3n) is 3.44. The lowest BCUT2D eigenvalue weighted by Crippen LogP contribution is -2.48. The van der Waals surface area contributed by atoms with Crippen molar-refractivity contribution in [2.75, 3.05) is 7.05 Å². The van der Waals surface area contributed by atoms with Crippen molar-refractivity contribution in [2.24, 2.45) is 11.7 Å². The highest BCUT2D eigenvalue weighted by Crippen LogP contribution is 2.39. The van der Waals surface area contributed by atoms with Gasteiger partial charge < -0.3 is 11.1 Å². The van der Waals surface area contributed by atoms with Crippen LogP contribution in [0.25, 0.3) is 0 Å². The topological polar surface area (TPSA) is 55.1 Å². The second-order valence-corrected chi connectivity index (χ2v) is 4.05. The third-order valence-corrected chi connectivity index (χ3v) is 3.44. The third kappa shape index (κ3) is 2.02. The normalized spacial score (nSPS) is 33.5. The summed E-state index contributed by atoms with van der Waals surface area (Å²) in [6.45, 7) is 2.18. The van der Waals surface area contributed by atoms with Gasteiger partial charge >= 0.3 is 0 Å². The quantitative estimate of drug-likeness (QED) is 0.685. The van der Waals surface area contributed by atoms with Crippen LogP contribution < -0.4 is 11.1 Å². The van der Waals surface area contributed by atoms with Crippen LogP contribution in [-0.2, 0) is 4.79 Å². The molecule has 3 heteroatoms. The molecule has 0 radical (unpaired) electrons. The van der Waals surface area contributed by atoms with Gasteiger partial charge in [0.25, 0.3) is 0 Å². The molecule has 0 aliphatic heterocycles. The maximum absolute atomic E-state index is 11.0. The van der Waals surface area contributed by atoms with Crippen molar-refractivity contribution < 1.29 is 4.79 Å². The van der Waals surface area contributed by atoms with Gasteiger partial charge in [-0.05, 0) is 25.8 Å². The van der Waals surface area contributed by atoms with Crippen LogP contribution in [0.4, 0.5) is 0 Å². The summed E-state index contributed by atoms with van der Waals surface area (Å²) in [5.41, 5.74) is 5.27. The Kier molecular flexibility index (Phi) is 3.31. The zero-order valence-corrected chi connectivity index (χ0v) is 8.60. The second-order valence-electron chi connectivity index (χ2n) is 4.05. The predicted octanol–water partition coefficient (Wildman–Crippen LogP) is 1.03. The Hall–Kier alpha value is -0.570. The zero-order valence-electron chi connectivity index (χ0n) is 8.60. The van der Waals surface area contributed by atoms with Crippen molar-refractivity contribution in [3.05, 3.63) is 0 Å². The number of rotatable bonds is 4. The van der Waals surface area contributed by atoms with E-state index in [1.807, 2.05) is 7.05 Å². The first-order valence-electron chi connectivity index (χ1n) is 5.12. The van der Waals surface area contributed by atoms with E-state index in [0.29, 0.717) is 12.3 Å². The summed E-state index contributed by atoms with van der Waals surface area (Å²) in [7, 11) is 1.94. The van der Waals surface area contributed by atoms with Crippen LogP contribution in [0.1, 0.15) is 39.0 Å². The minimum absolute atomic E-state index is 0.000579. The highest BCUT2D eigenvalue weighted by atomic mass is 16.1. The van der Waals surface area contributed by atoms with E-state index < -0.39 is 0 Å². The Labute approximate surface area is 80.1 Å². The van der Waals surface area contributed by atoms with Gasteiger partial charge in [0, 0.05) is 12.0 Å². The van der Waals surface area contributed by atoms with Crippen LogP contribution >= 0.6 is 0 Å². The molecular weight excluding hydrogens is 164 g/mol. The van der Waals surface area contributed by atoms with E-state index in [9.17, 15) is 4.79 Å². The maximum Gasteiger partial charge on any atom is 0.219 e. The van der Waals surface area contributed by atoms with Gasteiger partial charge in [-0.15, -0.1) is 0 Å². The monoisotopic (exact) mass is 184 g/mol. The van der Waals surface area contributed by atoms with Crippen LogP contribution in [0.3, 0.4) is 0 Å². The largest absolute Gasteiger partial charge is 0.370 e. The van der Waals surface area contributed by atoms with Crippen molar-refractivity contribution >= 4 is 5.91 Å². The average Bonchev–Trinajstić information content (AvgIpc) is 2.47. The summed E-state index contributed by atoms with van der Waals surface area (Å²) in [5.74, 6) is 0.430. The lowest BCUT2D eigenvalue weighted by atomic mass is 9.82. The molecule has 1 fully saturated rings. The van der Waals surface area contributed by atoms with Gasteiger partial charge in [-0.2, -0.15) is 0 Å². The Balaban J connectivity index is 2.71. The van der Waals surface area contributed by atoms with Gasteiger partial charge in [0.15, 0.2) is 0 Å². The van der Waals surface area contributed by atoms with Crippen LogP contribution in [-0.4, -0.2) is 18.5 Å². The van der Waals surface area contributed by atoms with Gasteiger partial charge in [0.1, 0.15) is 0 Å². The van der Waals surface area contributed by atoms with Crippen LogP contribution in [0.15, 0.2) is 0 Å². The average molecular weight is 184 g/mol. The number of carbonyl (C=O) groups excluding carboxylic acids is 1. The molecule has 1 rings (SSSR count). The number of nitrogens with one attached hydrogen (secondary N) is 1. The minimum Gasteiger partial charge on any atom is -0.370 e. The van der Waals surface area contributed by atoms with Gasteiger partial charge in [-0.1, -0.05) is 19.8 Å². The molecular formula is C10H20N2O. The van der Waals surface area contributed by atoms with E-state index in [1.165, 1.54) is 12.8 Å². The fourth-order valence-corrected chi connectivity index (χ4v) is 2.70. The molecule has 3 nitrogen and oxygen atoms in total. The van der Waals surface area contributed by atoms with Gasteiger partial charge in [0.2, 0.25) is 5.91 Å². The summed E-state index contributed by atoms with van der Waals surface area (Å²) >= 11 is 0. The van der Waals surface area contributed by atoms with Crippen LogP contribution in [0.5, 0.6) is 0 Å². The molecule has 2 atom stereocenters. The number of hydrogen-bond acceptors (Lipinski definition) is 2. The lowest BCUT2D eigenvalue weighted by Gasteiger charge is -2.34. The minimum atomic E-state index is -0.185. The SMILES string of the molecule is CCC1CCCC1(CC(N)=O)NC. The summed E-state index contributed by atoms with van der Waals surface area (Å²) in [6.07, 6.45) is 5.15. The van der Waals surface area contributed by atoms with E-state index >= 15 is 0 Å². The predicted molar refractivity (Wildman–Crippen MR) is 53.2 cm³/mol. The summed E-state index contributed by atoms with van der Waals surface area (Å²) in [6, 6.07) is 0. The van der Waals surface area contributed by atoms with E-state index in [-0.39, 0.29) is 11.4 Å². The maximum atomic E-state index is 11.0. The molecule has 0 aromatic carbocycles. The van der Waals surface area contributed by atoms with E-state index in [0.717, 1.165) is 12.8 Å². The number of primary amides is 1. The second kappa shape index (κ2) is 4.09. The molecule has 3 N–H and O–H groups in total. The first-order valence-corrected chi connectivity index (χ1v) is 5.12. The molecule has 1 amide bonds. The van der Waals surface area contributed by atoms with Crippen molar-refractivity contribution in [2.45, 2.75) is 44.6 Å². The Morgan fingerprint density at radius 2 is 2.38 bits per heavy atom. The van der Waals surface area contributed by atoms with E-state index in [1.54, 1.807) is 0 Å². The highest BCUT2D eigenvalue weighted by molar-refractivity contribution is 5.75. The standard InChI is InChI=1S/C10H20N2O/c1-3-8-5-4-6-10(8,12-2)7-9(11)13/h8,12H,3-7H2,1-2H3,(H2,11,13). The molecule has 1 saturated carbocycles. The summed E-state index contributed by atoms with van der Waals surface area (Å²) in [4.78, 5) is 11.0. The van der Waals surface area contributed by atoms with Gasteiger partial charge in [0.05, 0.1) is 0 Å². The molecule has 0 bridgehead atoms. The Morgan fingerprint density at radius 3 is 2.85 bits per heavy atom. The first-order chi connectivity index (χ1) is 6.14. The fraction of sp³-hybridized carbons (Fsp3) is 0.900. The van der Waals surface area contributed by atoms with Crippen molar-refractivity contribution in [1.29, 1.82) is 0 Å². The highest BCUT2D eigenvalue weighted by Gasteiger charge is 2.41. The zero-order chi connectivity index (χ0) is 9.90. The number of carbonyl (C=O) groups is 1. The first kappa shape index (κ1) is 10.5. The van der Waals surface area contributed by atoms with Crippen molar-refractivity contribution in [1.82, 2.24) is 5.32 Å². The van der Waals surface area contributed by atoms with Gasteiger partial charge in [-0.3, -0.25) is 4.79 Å². The molecule has 1 aliphatic carbocycles. The number of nitrogens with two attached hydrogens (primary N) is 1. The molecule has 0 saturated heterocycles. The van der Waals surface area contributed by atoms with E-state index in [2.05, 4.69) is 12.2 Å². The Morgan fingerprint density at radius 1 is 1.69 bits per heavy atom. The Bertz CT molecular complexity index is 193. The molecule has 2 unspecified atom stereocenters. The molecule has 13 heavy (non-hydrogen) atoms. The van der Waals surface area contributed by atoms with Crippen molar-refractivity contribution in [3.63, 3.8) is 0 Å². The molecule has 1 aliphatic rings. The number of hydrogen-bond donors (Lipinski definition) is 2. The van der Waals surface area contributed by atoms with Crippen LogP contribution in [0.2, 0.25) is 0 Å². The van der Waals surface area contributed by atoms with Crippen LogP contribution in [0, 0.1) is 5.92 Å². The molecule has 0 spiro atoms. The van der Waals surface area contributed by atoms with Crippen molar-refractivity contribution in [3.8, 4) is 0 Å². The smallest absolute Gasteiger partial charge is 0.219 e. The number of amides is 1. The van der Waals surface area contributed by atoms with Gasteiger partial charge in [-0.25, -0.2) is 0 Å². The summed E-state index contributed by atoms with van der Waals surface area (Å²) < 4.78 is 0. The van der Waals surface area contributed by atoms with E-state index in [4.69, 9.17) is 5.73 Å². The lowest BCUT2D eigenvalue weighted by molar-refractivity contribution is -0.119. The molecule has 76 valence electrons. The molecule has 0 heterocycles.